The summed E-state index contributed by atoms with van der Waals surface area (Å²) in [6, 6.07) is 15.2. The van der Waals surface area contributed by atoms with E-state index in [0.29, 0.717) is 12.1 Å². The molecule has 0 radical (unpaired) electrons. The van der Waals surface area contributed by atoms with Gasteiger partial charge in [0.1, 0.15) is 11.9 Å². The summed E-state index contributed by atoms with van der Waals surface area (Å²) < 4.78 is 6.07. The van der Waals surface area contributed by atoms with E-state index in [2.05, 4.69) is 17.1 Å². The Morgan fingerprint density at radius 1 is 1.21 bits per heavy atom. The maximum absolute atomic E-state index is 12.5. The highest BCUT2D eigenvalue weighted by Crippen LogP contribution is 2.32. The van der Waals surface area contributed by atoms with E-state index in [1.54, 1.807) is 24.1 Å². The maximum atomic E-state index is 12.5. The lowest BCUT2D eigenvalue weighted by molar-refractivity contribution is -0.129. The fraction of sp³-hybridized carbons (Fsp3) is 0.364. The number of aryl methyl sites for hydroxylation is 1. The van der Waals surface area contributed by atoms with Crippen LogP contribution in [0.15, 0.2) is 48.5 Å². The Hall–Kier alpha value is -3.02. The van der Waals surface area contributed by atoms with Crippen LogP contribution in [0.4, 0.5) is 5.69 Å². The molecule has 0 bridgehead atoms. The number of hydrogen-bond acceptors (Lipinski definition) is 4. The first kappa shape index (κ1) is 19.7. The lowest BCUT2D eigenvalue weighted by atomic mass is 10.1. The second-order valence-electron chi connectivity index (χ2n) is 7.07. The minimum atomic E-state index is -0.245. The number of amides is 2. The molecule has 2 aromatic rings. The average molecular weight is 381 g/mol. The van der Waals surface area contributed by atoms with Crippen LogP contribution in [0, 0.1) is 6.92 Å². The molecule has 148 valence electrons. The van der Waals surface area contributed by atoms with Crippen LogP contribution < -0.4 is 15.0 Å². The van der Waals surface area contributed by atoms with E-state index in [9.17, 15) is 9.59 Å². The monoisotopic (exact) mass is 381 g/mol. The van der Waals surface area contributed by atoms with Gasteiger partial charge in [0, 0.05) is 19.2 Å². The molecule has 6 nitrogen and oxygen atoms in total. The van der Waals surface area contributed by atoms with Crippen molar-refractivity contribution in [2.45, 2.75) is 20.0 Å². The quantitative estimate of drug-likeness (QED) is 0.835. The minimum absolute atomic E-state index is 0.0376. The molecule has 1 N–H and O–H groups in total. The highest BCUT2D eigenvalue weighted by atomic mass is 16.5. The molecule has 0 spiro atoms. The molecule has 1 atom stereocenters. The molecule has 1 aliphatic rings. The van der Waals surface area contributed by atoms with Gasteiger partial charge in [-0.1, -0.05) is 29.8 Å². The van der Waals surface area contributed by atoms with Crippen molar-refractivity contribution >= 4 is 17.5 Å². The Morgan fingerprint density at radius 2 is 2.00 bits per heavy atom. The van der Waals surface area contributed by atoms with Gasteiger partial charge in [-0.05, 0) is 38.1 Å². The molecule has 28 heavy (non-hydrogen) atoms. The van der Waals surface area contributed by atoms with E-state index in [1.165, 1.54) is 0 Å². The molecule has 0 fully saturated rings. The zero-order valence-corrected chi connectivity index (χ0v) is 16.6. The van der Waals surface area contributed by atoms with Crippen molar-refractivity contribution in [3.63, 3.8) is 0 Å². The van der Waals surface area contributed by atoms with Crippen molar-refractivity contribution in [2.75, 3.05) is 38.1 Å². The van der Waals surface area contributed by atoms with E-state index in [-0.39, 0.29) is 24.5 Å². The number of fused-ring (bicyclic) bond motifs is 1. The van der Waals surface area contributed by atoms with E-state index in [1.807, 2.05) is 43.3 Å². The zero-order valence-electron chi connectivity index (χ0n) is 16.6. The number of para-hydroxylation sites is 2. The summed E-state index contributed by atoms with van der Waals surface area (Å²) in [6.07, 6.45) is -0.115. The van der Waals surface area contributed by atoms with E-state index < -0.39 is 0 Å². The Bertz CT molecular complexity index is 852. The lowest BCUT2D eigenvalue weighted by Crippen LogP contribution is -2.48. The number of anilines is 1. The number of likely N-dealkylation sites (N-methyl/N-ethyl adjacent to an activating group) is 2. The number of carbonyl (C=O) groups excluding carboxylic acids is 2. The third-order valence-electron chi connectivity index (χ3n) is 4.89. The predicted octanol–water partition coefficient (Wildman–Crippen LogP) is 2.47. The number of nitrogens with one attached hydrogen (secondary N) is 1. The number of carbonyl (C=O) groups is 2. The van der Waals surface area contributed by atoms with E-state index in [4.69, 9.17) is 4.74 Å². The maximum Gasteiger partial charge on any atom is 0.251 e. The van der Waals surface area contributed by atoms with Crippen molar-refractivity contribution in [1.29, 1.82) is 0 Å². The van der Waals surface area contributed by atoms with Gasteiger partial charge in [0.25, 0.3) is 5.91 Å². The molecule has 2 amide bonds. The van der Waals surface area contributed by atoms with Gasteiger partial charge >= 0.3 is 0 Å². The Labute approximate surface area is 166 Å². The molecule has 3 rings (SSSR count). The minimum Gasteiger partial charge on any atom is -0.485 e. The molecule has 0 aromatic heterocycles. The molecule has 0 aliphatic carbocycles. The van der Waals surface area contributed by atoms with Gasteiger partial charge in [0.15, 0.2) is 0 Å². The second-order valence-corrected chi connectivity index (χ2v) is 7.07. The van der Waals surface area contributed by atoms with Crippen LogP contribution in [0.5, 0.6) is 5.75 Å². The van der Waals surface area contributed by atoms with Crippen LogP contribution in [0.1, 0.15) is 22.8 Å². The standard InChI is InChI=1S/C22H27N3O3/c1-4-25-15-18(28-20-11-6-5-10-19(20)25)14-24(3)21(26)13-23-22(27)17-9-7-8-16(2)12-17/h5-12,18H,4,13-15H2,1-3H3,(H,23,27)/t18-/m1/s1. The average Bonchev–Trinajstić information content (AvgIpc) is 2.71. The number of rotatable bonds is 6. The number of benzene rings is 2. The number of ether oxygens (including phenoxy) is 1. The summed E-state index contributed by atoms with van der Waals surface area (Å²) in [4.78, 5) is 28.5. The van der Waals surface area contributed by atoms with E-state index >= 15 is 0 Å². The van der Waals surface area contributed by atoms with Crippen molar-refractivity contribution < 1.29 is 14.3 Å². The molecule has 2 aromatic carbocycles. The summed E-state index contributed by atoms with van der Waals surface area (Å²) in [5.41, 5.74) is 2.65. The van der Waals surface area contributed by atoms with Crippen LogP contribution in [0.3, 0.4) is 0 Å². The molecule has 0 unspecified atom stereocenters. The molecule has 1 aliphatic heterocycles. The SMILES string of the molecule is CCN1C[C@@H](CN(C)C(=O)CNC(=O)c2cccc(C)c2)Oc2ccccc21. The molecule has 1 heterocycles. The first-order valence-corrected chi connectivity index (χ1v) is 9.57. The first-order chi connectivity index (χ1) is 13.5. The van der Waals surface area contributed by atoms with Crippen molar-refractivity contribution in [2.24, 2.45) is 0 Å². The largest absolute Gasteiger partial charge is 0.485 e. The lowest BCUT2D eigenvalue weighted by Gasteiger charge is -2.37. The van der Waals surface area contributed by atoms with E-state index in [0.717, 1.165) is 30.1 Å². The van der Waals surface area contributed by atoms with Gasteiger partial charge in [0.2, 0.25) is 5.91 Å². The summed E-state index contributed by atoms with van der Waals surface area (Å²) in [5.74, 6) is 0.450. The highest BCUT2D eigenvalue weighted by Gasteiger charge is 2.26. The van der Waals surface area contributed by atoms with Crippen LogP contribution in [-0.2, 0) is 4.79 Å². The third kappa shape index (κ3) is 4.63. The van der Waals surface area contributed by atoms with Gasteiger partial charge in [-0.15, -0.1) is 0 Å². The molecular weight excluding hydrogens is 354 g/mol. The smallest absolute Gasteiger partial charge is 0.251 e. The zero-order chi connectivity index (χ0) is 20.1. The molecular formula is C22H27N3O3. The van der Waals surface area contributed by atoms with Gasteiger partial charge in [-0.3, -0.25) is 9.59 Å². The highest BCUT2D eigenvalue weighted by molar-refractivity contribution is 5.96. The fourth-order valence-electron chi connectivity index (χ4n) is 3.36. The molecule has 0 saturated carbocycles. The van der Waals surface area contributed by atoms with Gasteiger partial charge in [-0.2, -0.15) is 0 Å². The number of nitrogens with zero attached hydrogens (tertiary/aromatic N) is 2. The topological polar surface area (TPSA) is 61.9 Å². The summed E-state index contributed by atoms with van der Waals surface area (Å²) in [6.45, 7) is 6.06. The first-order valence-electron chi connectivity index (χ1n) is 9.57. The van der Waals surface area contributed by atoms with Crippen LogP contribution in [-0.4, -0.2) is 56.0 Å². The van der Waals surface area contributed by atoms with Crippen LogP contribution in [0.2, 0.25) is 0 Å². The van der Waals surface area contributed by atoms with Gasteiger partial charge < -0.3 is 19.9 Å². The summed E-state index contributed by atoms with van der Waals surface area (Å²) >= 11 is 0. The van der Waals surface area contributed by atoms with Crippen LogP contribution >= 0.6 is 0 Å². The van der Waals surface area contributed by atoms with Crippen molar-refractivity contribution in [3.05, 3.63) is 59.7 Å². The van der Waals surface area contributed by atoms with Crippen LogP contribution in [0.25, 0.3) is 0 Å². The summed E-state index contributed by atoms with van der Waals surface area (Å²) in [7, 11) is 1.74. The summed E-state index contributed by atoms with van der Waals surface area (Å²) in [5, 5.41) is 2.70. The third-order valence-corrected chi connectivity index (χ3v) is 4.89. The fourth-order valence-corrected chi connectivity index (χ4v) is 3.36. The second kappa shape index (κ2) is 8.78. The normalized spacial score (nSPS) is 15.4. The van der Waals surface area contributed by atoms with Crippen molar-refractivity contribution in [1.82, 2.24) is 10.2 Å². The van der Waals surface area contributed by atoms with Crippen molar-refractivity contribution in [3.8, 4) is 5.75 Å². The molecule has 6 heteroatoms. The Morgan fingerprint density at radius 3 is 2.75 bits per heavy atom. The Balaban J connectivity index is 1.54. The molecule has 0 saturated heterocycles. The number of hydrogen-bond donors (Lipinski definition) is 1. The Kier molecular flexibility index (Phi) is 6.19. The predicted molar refractivity (Wildman–Crippen MR) is 110 cm³/mol. The van der Waals surface area contributed by atoms with Gasteiger partial charge in [0.05, 0.1) is 25.3 Å². The van der Waals surface area contributed by atoms with Gasteiger partial charge in [-0.25, -0.2) is 0 Å².